The first-order valence-corrected chi connectivity index (χ1v) is 19.7. The van der Waals surface area contributed by atoms with Crippen molar-refractivity contribution >= 4 is 65.0 Å². The molecule has 0 fully saturated rings. The molecule has 7 heteroatoms. The summed E-state index contributed by atoms with van der Waals surface area (Å²) in [5.74, 6) is 0. The Morgan fingerprint density at radius 1 is 0.262 bits per heavy atom. The van der Waals surface area contributed by atoms with E-state index in [1.807, 2.05) is 78.9 Å². The van der Waals surface area contributed by atoms with E-state index in [1.54, 1.807) is 24.3 Å². The first-order valence-electron chi connectivity index (χ1n) is 19.7. The summed E-state index contributed by atoms with van der Waals surface area (Å²) in [4.78, 5) is 0. The van der Waals surface area contributed by atoms with Gasteiger partial charge in [-0.15, -0.1) is 0 Å². The highest BCUT2D eigenvalue weighted by molar-refractivity contribution is 6.24. The molecule has 1 heterocycles. The maximum absolute atomic E-state index is 13.5. The lowest BCUT2D eigenvalue weighted by atomic mass is 9.85. The molecule has 0 saturated heterocycles. The highest BCUT2D eigenvalue weighted by Crippen LogP contribution is 2.48. The SMILES string of the molecule is FC(F)(F)c1ccc(-c2c3ccccc3c(-c3ccc4c(c3)oc3ccc(-c5c6ccccc6c(-c6ccc(C(F)(F)F)cc6)c6ccccc56)cc34)c3ccccc23)cc1. The number of alkyl halides is 6. The van der Waals surface area contributed by atoms with E-state index in [9.17, 15) is 26.3 Å². The van der Waals surface area contributed by atoms with Crippen LogP contribution >= 0.6 is 0 Å². The first kappa shape index (κ1) is 36.7. The van der Waals surface area contributed by atoms with Gasteiger partial charge in [0.15, 0.2) is 0 Å². The molecular formula is C54H30F6O. The van der Waals surface area contributed by atoms with E-state index < -0.39 is 23.5 Å². The van der Waals surface area contributed by atoms with Crippen LogP contribution < -0.4 is 0 Å². The predicted molar refractivity (Wildman–Crippen MR) is 235 cm³/mol. The summed E-state index contributed by atoms with van der Waals surface area (Å²) >= 11 is 0. The molecule has 0 aliphatic carbocycles. The van der Waals surface area contributed by atoms with Crippen molar-refractivity contribution in [2.75, 3.05) is 0 Å². The van der Waals surface area contributed by atoms with Crippen LogP contribution in [0, 0.1) is 0 Å². The van der Waals surface area contributed by atoms with Crippen molar-refractivity contribution in [1.82, 2.24) is 0 Å². The Balaban J connectivity index is 1.07. The lowest BCUT2D eigenvalue weighted by molar-refractivity contribution is -0.138. The van der Waals surface area contributed by atoms with Gasteiger partial charge in [-0.25, -0.2) is 0 Å². The fourth-order valence-electron chi connectivity index (χ4n) is 9.24. The van der Waals surface area contributed by atoms with Crippen LogP contribution in [0.2, 0.25) is 0 Å². The number of fused-ring (bicyclic) bond motifs is 7. The van der Waals surface area contributed by atoms with E-state index in [0.717, 1.165) is 117 Å². The fourth-order valence-corrected chi connectivity index (χ4v) is 9.24. The maximum Gasteiger partial charge on any atom is 0.416 e. The highest BCUT2D eigenvalue weighted by atomic mass is 19.4. The molecule has 0 N–H and O–H groups in total. The minimum absolute atomic E-state index is 0.689. The number of hydrogen-bond donors (Lipinski definition) is 0. The Bertz CT molecular complexity index is 3430. The van der Waals surface area contributed by atoms with Crippen LogP contribution in [-0.2, 0) is 12.4 Å². The molecule has 1 aromatic heterocycles. The summed E-state index contributed by atoms with van der Waals surface area (Å²) in [6.07, 6.45) is -8.86. The number of benzene rings is 10. The van der Waals surface area contributed by atoms with E-state index in [-0.39, 0.29) is 0 Å². The molecule has 0 atom stereocenters. The predicted octanol–water partition coefficient (Wildman–Crippen LogP) is 16.9. The molecule has 0 aliphatic rings. The van der Waals surface area contributed by atoms with Crippen LogP contribution in [0.5, 0.6) is 0 Å². The normalized spacial score (nSPS) is 12.4. The second kappa shape index (κ2) is 13.6. The van der Waals surface area contributed by atoms with Crippen LogP contribution in [0.1, 0.15) is 11.1 Å². The van der Waals surface area contributed by atoms with Gasteiger partial charge in [-0.05, 0) is 136 Å². The van der Waals surface area contributed by atoms with Crippen molar-refractivity contribution in [3.05, 3.63) is 193 Å². The summed E-state index contributed by atoms with van der Waals surface area (Å²) in [6, 6.07) is 55.2. The van der Waals surface area contributed by atoms with E-state index in [1.165, 1.54) is 0 Å². The Labute approximate surface area is 344 Å². The average molecular weight is 809 g/mol. The summed E-state index contributed by atoms with van der Waals surface area (Å²) in [5.41, 5.74) is 7.11. The van der Waals surface area contributed by atoms with Gasteiger partial charge in [0.25, 0.3) is 0 Å². The molecule has 0 unspecified atom stereocenters. The van der Waals surface area contributed by atoms with Crippen LogP contribution in [0.4, 0.5) is 26.3 Å². The summed E-state index contributed by atoms with van der Waals surface area (Å²) in [5, 5.41) is 9.47. The second-order valence-electron chi connectivity index (χ2n) is 15.4. The Morgan fingerprint density at radius 2 is 0.574 bits per heavy atom. The van der Waals surface area contributed by atoms with Gasteiger partial charge in [0.2, 0.25) is 0 Å². The molecule has 11 aromatic rings. The van der Waals surface area contributed by atoms with Crippen molar-refractivity contribution in [2.45, 2.75) is 12.4 Å². The van der Waals surface area contributed by atoms with Crippen molar-refractivity contribution < 1.29 is 30.8 Å². The minimum Gasteiger partial charge on any atom is -0.456 e. The van der Waals surface area contributed by atoms with E-state index >= 15 is 0 Å². The van der Waals surface area contributed by atoms with Gasteiger partial charge in [-0.3, -0.25) is 0 Å². The van der Waals surface area contributed by atoms with Gasteiger partial charge in [0.05, 0.1) is 11.1 Å². The maximum atomic E-state index is 13.5. The van der Waals surface area contributed by atoms with Gasteiger partial charge in [-0.1, -0.05) is 133 Å². The van der Waals surface area contributed by atoms with E-state index in [4.69, 9.17) is 4.42 Å². The van der Waals surface area contributed by atoms with Gasteiger partial charge >= 0.3 is 12.4 Å². The first-order chi connectivity index (χ1) is 29.5. The number of hydrogen-bond acceptors (Lipinski definition) is 1. The van der Waals surface area contributed by atoms with E-state index in [2.05, 4.69) is 54.6 Å². The molecule has 0 radical (unpaired) electrons. The third kappa shape index (κ3) is 5.94. The number of halogens is 6. The van der Waals surface area contributed by atoms with Crippen LogP contribution in [0.15, 0.2) is 186 Å². The van der Waals surface area contributed by atoms with Crippen molar-refractivity contribution in [3.63, 3.8) is 0 Å². The summed E-state index contributed by atoms with van der Waals surface area (Å²) in [6.45, 7) is 0. The van der Waals surface area contributed by atoms with E-state index in [0.29, 0.717) is 16.7 Å². The van der Waals surface area contributed by atoms with Gasteiger partial charge in [0.1, 0.15) is 11.2 Å². The zero-order valence-corrected chi connectivity index (χ0v) is 32.0. The van der Waals surface area contributed by atoms with Crippen LogP contribution in [0.3, 0.4) is 0 Å². The topological polar surface area (TPSA) is 13.1 Å². The minimum atomic E-state index is -4.43. The molecule has 61 heavy (non-hydrogen) atoms. The smallest absolute Gasteiger partial charge is 0.416 e. The molecule has 11 rings (SSSR count). The standard InChI is InChI=1S/C54H30F6O/c55-53(56,57)35-23-17-31(18-24-35)49-38-9-1-5-13-42(38)51(43-14-6-2-10-39(43)49)33-22-28-47-46(29-33)37-27-21-34(30-48(37)61-47)52-44-15-7-3-11-40(44)50(41-12-4-8-16-45(41)52)32-19-25-36(26-20-32)54(58,59)60/h1-30H. The highest BCUT2D eigenvalue weighted by Gasteiger charge is 2.31. The molecule has 0 bridgehead atoms. The zero-order valence-electron chi connectivity index (χ0n) is 32.0. The zero-order chi connectivity index (χ0) is 41.6. The van der Waals surface area contributed by atoms with Crippen molar-refractivity contribution in [2.24, 2.45) is 0 Å². The Kier molecular flexibility index (Phi) is 8.16. The molecule has 0 aliphatic heterocycles. The fraction of sp³-hybridized carbons (Fsp3) is 0.0370. The molecule has 0 amide bonds. The molecule has 294 valence electrons. The summed E-state index contributed by atoms with van der Waals surface area (Å²) in [7, 11) is 0. The van der Waals surface area contributed by atoms with Gasteiger partial charge < -0.3 is 4.42 Å². The van der Waals surface area contributed by atoms with Crippen molar-refractivity contribution in [3.8, 4) is 44.5 Å². The molecular weight excluding hydrogens is 779 g/mol. The van der Waals surface area contributed by atoms with Crippen molar-refractivity contribution in [1.29, 1.82) is 0 Å². The van der Waals surface area contributed by atoms with Crippen LogP contribution in [0.25, 0.3) is 110 Å². The van der Waals surface area contributed by atoms with Gasteiger partial charge in [0, 0.05) is 10.8 Å². The lowest BCUT2D eigenvalue weighted by Gasteiger charge is -2.18. The molecule has 0 spiro atoms. The average Bonchev–Trinajstić information content (AvgIpc) is 3.64. The molecule has 10 aromatic carbocycles. The summed E-state index contributed by atoms with van der Waals surface area (Å²) < 4.78 is 87.8. The number of furan rings is 1. The Morgan fingerprint density at radius 3 is 0.934 bits per heavy atom. The lowest BCUT2D eigenvalue weighted by Crippen LogP contribution is -2.04. The quantitative estimate of drug-likeness (QED) is 0.128. The Hall–Kier alpha value is -7.38. The third-order valence-corrected chi connectivity index (χ3v) is 11.9. The third-order valence-electron chi connectivity index (χ3n) is 11.9. The van der Waals surface area contributed by atoms with Crippen LogP contribution in [-0.4, -0.2) is 0 Å². The number of rotatable bonds is 4. The molecule has 1 nitrogen and oxygen atoms in total. The monoisotopic (exact) mass is 808 g/mol. The molecule has 0 saturated carbocycles. The van der Waals surface area contributed by atoms with Gasteiger partial charge in [-0.2, -0.15) is 26.3 Å². The largest absolute Gasteiger partial charge is 0.456 e. The second-order valence-corrected chi connectivity index (χ2v) is 15.4.